The number of hydrogen-bond acceptors (Lipinski definition) is 2. The van der Waals surface area contributed by atoms with Crippen LogP contribution in [0.5, 0.6) is 0 Å². The van der Waals surface area contributed by atoms with Crippen molar-refractivity contribution < 1.29 is 0 Å². The molecule has 0 heterocycles. The summed E-state index contributed by atoms with van der Waals surface area (Å²) in [6.07, 6.45) is 6.08. The predicted molar refractivity (Wildman–Crippen MR) is 62.9 cm³/mol. The molecule has 14 heavy (non-hydrogen) atoms. The van der Waals surface area contributed by atoms with Crippen LogP contribution in [0.3, 0.4) is 0 Å². The molecule has 0 bridgehead atoms. The lowest BCUT2D eigenvalue weighted by Crippen LogP contribution is -1.95. The lowest BCUT2D eigenvalue weighted by atomic mass is 10.1. The maximum atomic E-state index is 5.81. The molecule has 0 saturated heterocycles. The largest absolute Gasteiger partial charge is 0.399 e. The molecule has 0 radical (unpaired) electrons. The lowest BCUT2D eigenvalue weighted by molar-refractivity contribution is 1.01. The van der Waals surface area contributed by atoms with E-state index in [1.807, 2.05) is 12.1 Å². The Morgan fingerprint density at radius 1 is 1.36 bits per heavy atom. The summed E-state index contributed by atoms with van der Waals surface area (Å²) in [6, 6.07) is 6.12. The van der Waals surface area contributed by atoms with Crippen molar-refractivity contribution in [3.63, 3.8) is 0 Å². The Balaban J connectivity index is 2.79. The van der Waals surface area contributed by atoms with Crippen LogP contribution >= 0.6 is 0 Å². The van der Waals surface area contributed by atoms with Crippen LogP contribution in [0.2, 0.25) is 0 Å². The van der Waals surface area contributed by atoms with Crippen LogP contribution in [0.25, 0.3) is 6.08 Å². The third-order valence-electron chi connectivity index (χ3n) is 2.19. The van der Waals surface area contributed by atoms with Crippen LogP contribution < -0.4 is 11.5 Å². The zero-order valence-electron chi connectivity index (χ0n) is 8.66. The number of nitrogens with two attached hydrogens (primary N) is 2. The summed E-state index contributed by atoms with van der Waals surface area (Å²) >= 11 is 0. The zero-order chi connectivity index (χ0) is 10.4. The summed E-state index contributed by atoms with van der Waals surface area (Å²) in [5, 5.41) is 0. The first-order chi connectivity index (χ1) is 6.77. The minimum Gasteiger partial charge on any atom is -0.399 e. The standard InChI is InChI=1S/C12H18N2/c1-2-11-9-10(5-3-4-8-13)6-7-12(11)14/h3,5-7,9H,2,4,8,13-14H2,1H3. The molecule has 0 amide bonds. The van der Waals surface area contributed by atoms with Gasteiger partial charge in [-0.05, 0) is 42.6 Å². The summed E-state index contributed by atoms with van der Waals surface area (Å²) in [6.45, 7) is 2.81. The Labute approximate surface area is 85.6 Å². The molecule has 0 spiro atoms. The molecule has 1 aromatic carbocycles. The number of anilines is 1. The quantitative estimate of drug-likeness (QED) is 0.715. The number of nitrogen functional groups attached to an aromatic ring is 1. The van der Waals surface area contributed by atoms with Gasteiger partial charge in [-0.1, -0.05) is 25.1 Å². The molecule has 0 fully saturated rings. The van der Waals surface area contributed by atoms with E-state index in [9.17, 15) is 0 Å². The van der Waals surface area contributed by atoms with Gasteiger partial charge < -0.3 is 11.5 Å². The molecule has 4 N–H and O–H groups in total. The molecule has 0 aromatic heterocycles. The van der Waals surface area contributed by atoms with Crippen LogP contribution in [-0.2, 0) is 6.42 Å². The molecule has 76 valence electrons. The van der Waals surface area contributed by atoms with Crippen molar-refractivity contribution in [3.8, 4) is 0 Å². The van der Waals surface area contributed by atoms with Gasteiger partial charge in [0.1, 0.15) is 0 Å². The third-order valence-corrected chi connectivity index (χ3v) is 2.19. The molecular weight excluding hydrogens is 172 g/mol. The fraction of sp³-hybridized carbons (Fsp3) is 0.333. The molecule has 2 heteroatoms. The van der Waals surface area contributed by atoms with Gasteiger partial charge in [0.25, 0.3) is 0 Å². The van der Waals surface area contributed by atoms with E-state index in [0.717, 1.165) is 18.5 Å². The second-order valence-corrected chi connectivity index (χ2v) is 3.29. The highest BCUT2D eigenvalue weighted by Crippen LogP contribution is 2.15. The second kappa shape index (κ2) is 5.45. The first kappa shape index (κ1) is 10.8. The van der Waals surface area contributed by atoms with Crippen molar-refractivity contribution in [2.24, 2.45) is 5.73 Å². The van der Waals surface area contributed by atoms with Crippen molar-refractivity contribution in [1.29, 1.82) is 0 Å². The van der Waals surface area contributed by atoms with Gasteiger partial charge in [-0.15, -0.1) is 0 Å². The van der Waals surface area contributed by atoms with E-state index in [4.69, 9.17) is 11.5 Å². The minimum atomic E-state index is 0.701. The molecule has 0 aliphatic heterocycles. The van der Waals surface area contributed by atoms with Crippen molar-refractivity contribution >= 4 is 11.8 Å². The highest BCUT2D eigenvalue weighted by molar-refractivity contribution is 5.57. The van der Waals surface area contributed by atoms with Gasteiger partial charge >= 0.3 is 0 Å². The molecule has 0 atom stereocenters. The van der Waals surface area contributed by atoms with Crippen LogP contribution in [0.1, 0.15) is 24.5 Å². The molecule has 0 aliphatic rings. The van der Waals surface area contributed by atoms with Crippen molar-refractivity contribution in [3.05, 3.63) is 35.4 Å². The van der Waals surface area contributed by atoms with Gasteiger partial charge in [0.15, 0.2) is 0 Å². The van der Waals surface area contributed by atoms with E-state index < -0.39 is 0 Å². The first-order valence-electron chi connectivity index (χ1n) is 5.03. The highest BCUT2D eigenvalue weighted by Gasteiger charge is 1.96. The molecule has 2 nitrogen and oxygen atoms in total. The highest BCUT2D eigenvalue weighted by atomic mass is 14.6. The SMILES string of the molecule is CCc1cc(C=CCCN)ccc1N. The Kier molecular flexibility index (Phi) is 4.20. The summed E-state index contributed by atoms with van der Waals surface area (Å²) in [4.78, 5) is 0. The fourth-order valence-corrected chi connectivity index (χ4v) is 1.35. The van der Waals surface area contributed by atoms with Crippen LogP contribution in [-0.4, -0.2) is 6.54 Å². The van der Waals surface area contributed by atoms with E-state index in [0.29, 0.717) is 6.54 Å². The molecule has 0 aliphatic carbocycles. The van der Waals surface area contributed by atoms with Gasteiger partial charge in [-0.3, -0.25) is 0 Å². The summed E-state index contributed by atoms with van der Waals surface area (Å²) in [7, 11) is 0. The summed E-state index contributed by atoms with van der Waals surface area (Å²) < 4.78 is 0. The van der Waals surface area contributed by atoms with Crippen molar-refractivity contribution in [1.82, 2.24) is 0 Å². The molecule has 1 rings (SSSR count). The first-order valence-corrected chi connectivity index (χ1v) is 5.03. The van der Waals surface area contributed by atoms with Gasteiger partial charge in [0, 0.05) is 5.69 Å². The third kappa shape index (κ3) is 2.89. The summed E-state index contributed by atoms with van der Waals surface area (Å²) in [5.41, 5.74) is 14.5. The van der Waals surface area contributed by atoms with E-state index >= 15 is 0 Å². The Morgan fingerprint density at radius 3 is 2.79 bits per heavy atom. The Hall–Kier alpha value is -1.28. The molecule has 0 unspecified atom stereocenters. The van der Waals surface area contributed by atoms with Crippen molar-refractivity contribution in [2.45, 2.75) is 19.8 Å². The lowest BCUT2D eigenvalue weighted by Gasteiger charge is -2.03. The average Bonchev–Trinajstić information content (AvgIpc) is 2.21. The number of benzene rings is 1. The second-order valence-electron chi connectivity index (χ2n) is 3.29. The van der Waals surface area contributed by atoms with Crippen LogP contribution in [0.4, 0.5) is 5.69 Å². The van der Waals surface area contributed by atoms with E-state index in [1.54, 1.807) is 0 Å². The average molecular weight is 190 g/mol. The van der Waals surface area contributed by atoms with E-state index in [-0.39, 0.29) is 0 Å². The van der Waals surface area contributed by atoms with Crippen molar-refractivity contribution in [2.75, 3.05) is 12.3 Å². The Morgan fingerprint density at radius 2 is 2.14 bits per heavy atom. The molecule has 0 saturated carbocycles. The van der Waals surface area contributed by atoms with Gasteiger partial charge in [-0.2, -0.15) is 0 Å². The number of aryl methyl sites for hydroxylation is 1. The smallest absolute Gasteiger partial charge is 0.0346 e. The number of hydrogen-bond donors (Lipinski definition) is 2. The topological polar surface area (TPSA) is 52.0 Å². The predicted octanol–water partition coefficient (Wildman–Crippen LogP) is 2.19. The van der Waals surface area contributed by atoms with E-state index in [2.05, 4.69) is 25.1 Å². The van der Waals surface area contributed by atoms with E-state index in [1.165, 1.54) is 11.1 Å². The minimum absolute atomic E-state index is 0.701. The summed E-state index contributed by atoms with van der Waals surface area (Å²) in [5.74, 6) is 0. The maximum absolute atomic E-state index is 5.81. The Bertz CT molecular complexity index is 316. The van der Waals surface area contributed by atoms with Gasteiger partial charge in [0.05, 0.1) is 0 Å². The maximum Gasteiger partial charge on any atom is 0.0346 e. The zero-order valence-corrected chi connectivity index (χ0v) is 8.66. The van der Waals surface area contributed by atoms with Crippen LogP contribution in [0.15, 0.2) is 24.3 Å². The monoisotopic (exact) mass is 190 g/mol. The normalized spacial score (nSPS) is 11.0. The van der Waals surface area contributed by atoms with Gasteiger partial charge in [0.2, 0.25) is 0 Å². The fourth-order valence-electron chi connectivity index (χ4n) is 1.35. The molecule has 1 aromatic rings. The van der Waals surface area contributed by atoms with Gasteiger partial charge in [-0.25, -0.2) is 0 Å². The number of rotatable bonds is 4. The van der Waals surface area contributed by atoms with Crippen LogP contribution in [0, 0.1) is 0 Å². The molecular formula is C12H18N2.